The normalized spacial score (nSPS) is 30.8. The van der Waals surface area contributed by atoms with Gasteiger partial charge in [0.15, 0.2) is 12.6 Å². The average molecular weight is 700 g/mol. The van der Waals surface area contributed by atoms with E-state index in [1.165, 1.54) is 13.8 Å². The lowest BCUT2D eigenvalue weighted by Gasteiger charge is -2.42. The van der Waals surface area contributed by atoms with E-state index in [-0.39, 0.29) is 13.2 Å². The largest absolute Gasteiger partial charge is 0.394 e. The van der Waals surface area contributed by atoms with E-state index >= 15 is 0 Å². The molecule has 282 valence electrons. The summed E-state index contributed by atoms with van der Waals surface area (Å²) in [6.07, 6.45) is -7.18. The van der Waals surface area contributed by atoms with Crippen LogP contribution in [-0.4, -0.2) is 195 Å². The number of carbonyl (C=O) groups excluding carboxylic acids is 2. The molecule has 2 aliphatic rings. The third-order valence-electron chi connectivity index (χ3n) is 7.83. The summed E-state index contributed by atoms with van der Waals surface area (Å²) in [7, 11) is 1.97. The number of nitrogens with zero attached hydrogens (tertiary/aromatic N) is 1. The maximum atomic E-state index is 11.5. The van der Waals surface area contributed by atoms with E-state index in [9.17, 15) is 40.2 Å². The van der Waals surface area contributed by atoms with E-state index in [2.05, 4.69) is 15.5 Å². The Morgan fingerprint density at radius 1 is 0.604 bits per heavy atom. The van der Waals surface area contributed by atoms with Gasteiger partial charge < -0.3 is 79.3 Å². The van der Waals surface area contributed by atoms with Gasteiger partial charge in [0.25, 0.3) is 0 Å². The molecule has 0 radical (unpaired) electrons. The molecule has 2 heterocycles. The molecule has 2 aliphatic heterocycles. The molecule has 0 aromatic rings. The molecule has 0 bridgehead atoms. The summed E-state index contributed by atoms with van der Waals surface area (Å²) in [5.74, 6) is -0.827. The predicted molar refractivity (Wildman–Crippen MR) is 166 cm³/mol. The van der Waals surface area contributed by atoms with Crippen molar-refractivity contribution in [1.29, 1.82) is 0 Å². The second kappa shape index (κ2) is 23.7. The van der Waals surface area contributed by atoms with Gasteiger partial charge in [0, 0.05) is 40.2 Å². The summed E-state index contributed by atoms with van der Waals surface area (Å²) in [4.78, 5) is 25.1. The SMILES string of the molecule is CC(=O)NC1[C@H](OCCCCCOCCN(C)CCOCCOCCO[C@@H]2OC(CO)[C@H](O)[C@H](O)C2NC(C)=O)OC(CO)[C@H](O)[C@@H]1O. The smallest absolute Gasteiger partial charge is 0.217 e. The Bertz CT molecular complexity index is 824. The Morgan fingerprint density at radius 3 is 1.50 bits per heavy atom. The van der Waals surface area contributed by atoms with Crippen LogP contribution in [0.5, 0.6) is 0 Å². The first-order valence-corrected chi connectivity index (χ1v) is 16.4. The molecule has 2 amide bonds. The Morgan fingerprint density at radius 2 is 1.02 bits per heavy atom. The molecule has 0 aromatic heterocycles. The van der Waals surface area contributed by atoms with Crippen molar-refractivity contribution in [2.75, 3.05) is 86.2 Å². The molecule has 0 spiro atoms. The van der Waals surface area contributed by atoms with Crippen molar-refractivity contribution in [3.05, 3.63) is 0 Å². The fourth-order valence-corrected chi connectivity index (χ4v) is 5.11. The average Bonchev–Trinajstić information content (AvgIpc) is 3.05. The van der Waals surface area contributed by atoms with Gasteiger partial charge >= 0.3 is 0 Å². The van der Waals surface area contributed by atoms with Crippen LogP contribution in [0, 0.1) is 0 Å². The van der Waals surface area contributed by atoms with Crippen LogP contribution in [0.15, 0.2) is 0 Å². The lowest BCUT2D eigenvalue weighted by molar-refractivity contribution is -0.272. The van der Waals surface area contributed by atoms with Gasteiger partial charge in [-0.05, 0) is 26.3 Å². The van der Waals surface area contributed by atoms with Crippen LogP contribution in [0.2, 0.25) is 0 Å². The minimum absolute atomic E-state index is 0.0938. The molecule has 0 saturated carbocycles. The van der Waals surface area contributed by atoms with Crippen LogP contribution in [0.1, 0.15) is 33.1 Å². The summed E-state index contributed by atoms with van der Waals surface area (Å²) < 4.78 is 39.1. The zero-order valence-corrected chi connectivity index (χ0v) is 28.2. The van der Waals surface area contributed by atoms with E-state index < -0.39 is 86.3 Å². The van der Waals surface area contributed by atoms with Gasteiger partial charge in [-0.25, -0.2) is 0 Å². The summed E-state index contributed by atoms with van der Waals surface area (Å²) in [5, 5.41) is 64.5. The number of nitrogens with one attached hydrogen (secondary N) is 2. The highest BCUT2D eigenvalue weighted by atomic mass is 16.7. The molecular formula is C30H57N3O15. The summed E-state index contributed by atoms with van der Waals surface area (Å²) in [6, 6.07) is -1.95. The Labute approximate surface area is 281 Å². The highest BCUT2D eigenvalue weighted by Gasteiger charge is 2.46. The van der Waals surface area contributed by atoms with Gasteiger partial charge in [-0.3, -0.25) is 9.59 Å². The van der Waals surface area contributed by atoms with Gasteiger partial charge in [0.05, 0.1) is 52.9 Å². The van der Waals surface area contributed by atoms with Gasteiger partial charge in [-0.2, -0.15) is 0 Å². The number of unbranched alkanes of at least 4 members (excludes halogenated alkanes) is 2. The minimum Gasteiger partial charge on any atom is -0.394 e. The fourth-order valence-electron chi connectivity index (χ4n) is 5.11. The second-order valence-corrected chi connectivity index (χ2v) is 11.8. The van der Waals surface area contributed by atoms with E-state index in [0.717, 1.165) is 19.4 Å². The highest BCUT2D eigenvalue weighted by molar-refractivity contribution is 5.73. The number of aliphatic hydroxyl groups is 6. The molecular weight excluding hydrogens is 642 g/mol. The Balaban J connectivity index is 1.44. The second-order valence-electron chi connectivity index (χ2n) is 11.8. The quantitative estimate of drug-likeness (QED) is 0.0448. The molecule has 0 aliphatic carbocycles. The van der Waals surface area contributed by atoms with Crippen molar-refractivity contribution in [2.45, 2.75) is 94.4 Å². The first kappa shape index (κ1) is 42.5. The van der Waals surface area contributed by atoms with E-state index in [0.29, 0.717) is 52.6 Å². The monoisotopic (exact) mass is 699 g/mol. The number of carbonyl (C=O) groups is 2. The molecule has 2 rings (SSSR count). The maximum Gasteiger partial charge on any atom is 0.217 e. The molecule has 8 N–H and O–H groups in total. The summed E-state index contributed by atoms with van der Waals surface area (Å²) >= 11 is 0. The highest BCUT2D eigenvalue weighted by Crippen LogP contribution is 2.23. The van der Waals surface area contributed by atoms with Gasteiger partial charge in [0.1, 0.15) is 48.7 Å². The lowest BCUT2D eigenvalue weighted by atomic mass is 9.97. The van der Waals surface area contributed by atoms with Crippen molar-refractivity contribution in [1.82, 2.24) is 15.5 Å². The zero-order valence-electron chi connectivity index (χ0n) is 28.2. The first-order valence-electron chi connectivity index (χ1n) is 16.4. The van der Waals surface area contributed by atoms with Crippen LogP contribution in [0.25, 0.3) is 0 Å². The third kappa shape index (κ3) is 15.1. The number of hydrogen-bond donors (Lipinski definition) is 8. The van der Waals surface area contributed by atoms with E-state index in [1.54, 1.807) is 0 Å². The van der Waals surface area contributed by atoms with Gasteiger partial charge in [0.2, 0.25) is 11.8 Å². The summed E-state index contributed by atoms with van der Waals surface area (Å²) in [5.41, 5.74) is 0. The molecule has 48 heavy (non-hydrogen) atoms. The van der Waals surface area contributed by atoms with Crippen molar-refractivity contribution in [2.24, 2.45) is 0 Å². The van der Waals surface area contributed by atoms with E-state index in [4.69, 9.17) is 33.2 Å². The maximum absolute atomic E-state index is 11.5. The Kier molecular flexibility index (Phi) is 21.0. The summed E-state index contributed by atoms with van der Waals surface area (Å²) in [6.45, 7) is 5.97. The van der Waals surface area contributed by atoms with Crippen LogP contribution in [0.4, 0.5) is 0 Å². The number of aliphatic hydroxyl groups excluding tert-OH is 6. The minimum atomic E-state index is -1.37. The van der Waals surface area contributed by atoms with Gasteiger partial charge in [-0.1, -0.05) is 0 Å². The molecule has 2 saturated heterocycles. The van der Waals surface area contributed by atoms with E-state index in [1.807, 2.05) is 7.05 Å². The topological polar surface area (TPSA) is 247 Å². The van der Waals surface area contributed by atoms with Crippen LogP contribution < -0.4 is 10.6 Å². The van der Waals surface area contributed by atoms with Gasteiger partial charge in [-0.15, -0.1) is 0 Å². The number of ether oxygens (including phenoxy) is 7. The lowest BCUT2D eigenvalue weighted by Crippen LogP contribution is -2.64. The van der Waals surface area contributed by atoms with Crippen LogP contribution in [-0.2, 0) is 42.7 Å². The predicted octanol–water partition coefficient (Wildman–Crippen LogP) is -3.94. The molecule has 18 nitrogen and oxygen atoms in total. The fraction of sp³-hybridized carbons (Fsp3) is 0.933. The molecule has 0 aromatic carbocycles. The standard InChI is InChI=1S/C30H57N3O15/c1-19(36)31-23-27(40)25(38)21(17-34)47-29(23)45-10-6-4-5-9-42-11-7-33(3)8-12-43-13-14-44-15-16-46-30-24(32-20(2)37)28(41)26(39)22(18-35)48-30/h21-30,34-35,38-41H,4-18H2,1-3H3,(H,31,36)(H,32,37)/t21?,22?,23?,24?,25-,26-,27+,28+,29+,30+/m0/s1. The van der Waals surface area contributed by atoms with Crippen molar-refractivity contribution >= 4 is 11.8 Å². The molecule has 18 heteroatoms. The zero-order chi connectivity index (χ0) is 35.5. The Hall–Kier alpha value is -1.62. The van der Waals surface area contributed by atoms with Crippen molar-refractivity contribution in [3.63, 3.8) is 0 Å². The van der Waals surface area contributed by atoms with Crippen LogP contribution >= 0.6 is 0 Å². The number of rotatable bonds is 24. The number of hydrogen-bond acceptors (Lipinski definition) is 16. The molecule has 4 unspecified atom stereocenters. The number of amides is 2. The third-order valence-corrected chi connectivity index (χ3v) is 7.83. The van der Waals surface area contributed by atoms with Crippen molar-refractivity contribution in [3.8, 4) is 0 Å². The van der Waals surface area contributed by atoms with Crippen LogP contribution in [0.3, 0.4) is 0 Å². The number of likely N-dealkylation sites (N-methyl/N-ethyl adjacent to an activating group) is 1. The molecule has 2 fully saturated rings. The first-order chi connectivity index (χ1) is 23.0. The molecule has 10 atom stereocenters. The van der Waals surface area contributed by atoms with Crippen molar-refractivity contribution < 1.29 is 73.4 Å².